The second-order valence-electron chi connectivity index (χ2n) is 26.3. The molecule has 0 aliphatic heterocycles. The number of aliphatic hydroxyl groups is 2. The Balaban J connectivity index is 3.38. The molecular weight excluding hydrogens is 1030 g/mol. The van der Waals surface area contributed by atoms with Gasteiger partial charge in [0.25, 0.3) is 0 Å². The number of esters is 1. The smallest absolute Gasteiger partial charge is 0.305 e. The highest BCUT2D eigenvalue weighted by atomic mass is 16.5. The summed E-state index contributed by atoms with van der Waals surface area (Å²) in [5.41, 5.74) is 0. The van der Waals surface area contributed by atoms with E-state index in [-0.39, 0.29) is 18.5 Å². The van der Waals surface area contributed by atoms with Crippen LogP contribution < -0.4 is 5.32 Å². The van der Waals surface area contributed by atoms with Crippen LogP contribution in [0.5, 0.6) is 0 Å². The molecule has 0 aliphatic carbocycles. The molecule has 2 unspecified atom stereocenters. The third-order valence-corrected chi connectivity index (χ3v) is 17.9. The lowest BCUT2D eigenvalue weighted by Gasteiger charge is -2.22. The van der Waals surface area contributed by atoms with Gasteiger partial charge in [0.1, 0.15) is 0 Å². The molecule has 84 heavy (non-hydrogen) atoms. The Bertz CT molecular complexity index is 1360. The van der Waals surface area contributed by atoms with E-state index in [1.165, 1.54) is 340 Å². The molecule has 0 fully saturated rings. The van der Waals surface area contributed by atoms with Gasteiger partial charge in [0.2, 0.25) is 5.91 Å². The third-order valence-electron chi connectivity index (χ3n) is 17.9. The minimum absolute atomic E-state index is 0.00309. The first-order valence-corrected chi connectivity index (χ1v) is 38.2. The minimum Gasteiger partial charge on any atom is -0.466 e. The number of amides is 1. The van der Waals surface area contributed by atoms with Crippen LogP contribution in [-0.4, -0.2) is 47.4 Å². The lowest BCUT2D eigenvalue weighted by molar-refractivity contribution is -0.143. The number of hydrogen-bond donors (Lipinski definition) is 3. The molecule has 0 radical (unpaired) electrons. The molecule has 0 aliphatic rings. The molecule has 0 spiro atoms. The summed E-state index contributed by atoms with van der Waals surface area (Å²) in [5, 5.41) is 23.5. The lowest BCUT2D eigenvalue weighted by atomic mass is 10.0. The normalized spacial score (nSPS) is 12.7. The molecule has 0 aromatic rings. The Morgan fingerprint density at radius 3 is 0.929 bits per heavy atom. The first kappa shape index (κ1) is 82.1. The predicted octanol–water partition coefficient (Wildman–Crippen LogP) is 25.0. The van der Waals surface area contributed by atoms with Gasteiger partial charge in [-0.15, -0.1) is 0 Å². The number of rotatable bonds is 72. The standard InChI is InChI=1S/C78H149NO5/c1-3-5-7-9-11-13-15-17-19-21-22-23-30-33-36-39-42-46-50-54-58-62-66-70-76(81)75(74-80)79-77(82)71-67-63-59-55-51-47-43-40-37-34-31-28-26-24-25-27-29-32-35-38-41-45-49-53-57-61-65-69-73-84-78(83)72-68-64-60-56-52-48-44-20-18-16-14-12-10-8-6-4-2/h14,16,20,24-25,44,75-76,80-81H,3-13,15,17-19,21-23,26-43,45-74H2,1-2H3,(H,79,82)/b16-14-,25-24-,44-20-. The van der Waals surface area contributed by atoms with Gasteiger partial charge in [-0.3, -0.25) is 9.59 Å². The van der Waals surface area contributed by atoms with Gasteiger partial charge < -0.3 is 20.3 Å². The second kappa shape index (κ2) is 73.5. The number of hydrogen-bond acceptors (Lipinski definition) is 5. The van der Waals surface area contributed by atoms with Gasteiger partial charge in [-0.25, -0.2) is 0 Å². The van der Waals surface area contributed by atoms with Crippen LogP contribution in [0.2, 0.25) is 0 Å². The fraction of sp³-hybridized carbons (Fsp3) is 0.897. The summed E-state index contributed by atoms with van der Waals surface area (Å²) in [4.78, 5) is 24.7. The molecule has 1 amide bonds. The quantitative estimate of drug-likeness (QED) is 0.0320. The second-order valence-corrected chi connectivity index (χ2v) is 26.3. The zero-order chi connectivity index (χ0) is 60.6. The first-order valence-electron chi connectivity index (χ1n) is 38.2. The summed E-state index contributed by atoms with van der Waals surface area (Å²) in [6.45, 7) is 4.97. The van der Waals surface area contributed by atoms with Crippen LogP contribution in [0.15, 0.2) is 36.5 Å². The van der Waals surface area contributed by atoms with E-state index in [9.17, 15) is 19.8 Å². The molecule has 2 atom stereocenters. The van der Waals surface area contributed by atoms with Gasteiger partial charge in [0.05, 0.1) is 25.4 Å². The van der Waals surface area contributed by atoms with E-state index in [4.69, 9.17) is 4.74 Å². The van der Waals surface area contributed by atoms with E-state index in [1.54, 1.807) is 0 Å². The number of ether oxygens (including phenoxy) is 1. The van der Waals surface area contributed by atoms with Gasteiger partial charge in [-0.05, 0) is 83.5 Å². The topological polar surface area (TPSA) is 95.9 Å². The van der Waals surface area contributed by atoms with E-state index >= 15 is 0 Å². The van der Waals surface area contributed by atoms with Crippen molar-refractivity contribution in [2.45, 2.75) is 437 Å². The molecule has 0 aromatic carbocycles. The number of nitrogens with one attached hydrogen (secondary N) is 1. The largest absolute Gasteiger partial charge is 0.466 e. The third kappa shape index (κ3) is 69.2. The molecule has 0 rings (SSSR count). The van der Waals surface area contributed by atoms with Crippen molar-refractivity contribution in [1.29, 1.82) is 0 Å². The SMILES string of the molecule is CCCCCC/C=C\C/C=C\CCCCCCCC(=O)OCCCCCCCCCCCCCC/C=C\CCCCCCCCCCCCCCC(=O)NC(CO)C(O)CCCCCCCCCCCCCCCCCCCCCCCCC. The molecular formula is C78H149NO5. The van der Waals surface area contributed by atoms with Gasteiger partial charge >= 0.3 is 5.97 Å². The van der Waals surface area contributed by atoms with Crippen LogP contribution in [0.1, 0.15) is 425 Å². The summed E-state index contributed by atoms with van der Waals surface area (Å²) in [6.07, 6.45) is 95.0. The van der Waals surface area contributed by atoms with E-state index in [0.29, 0.717) is 25.9 Å². The van der Waals surface area contributed by atoms with E-state index < -0.39 is 12.1 Å². The fourth-order valence-electron chi connectivity index (χ4n) is 12.1. The van der Waals surface area contributed by atoms with E-state index in [1.807, 2.05) is 0 Å². The summed E-state index contributed by atoms with van der Waals surface area (Å²) in [5.74, 6) is -0.0271. The summed E-state index contributed by atoms with van der Waals surface area (Å²) in [6, 6.07) is -0.543. The maximum atomic E-state index is 12.6. The van der Waals surface area contributed by atoms with Crippen LogP contribution in [0.3, 0.4) is 0 Å². The zero-order valence-electron chi connectivity index (χ0n) is 56.9. The average Bonchev–Trinajstić information content (AvgIpc) is 3.53. The van der Waals surface area contributed by atoms with Crippen molar-refractivity contribution >= 4 is 11.9 Å². The molecule has 0 bridgehead atoms. The molecule has 0 saturated heterocycles. The highest BCUT2D eigenvalue weighted by Crippen LogP contribution is 2.19. The van der Waals surface area contributed by atoms with E-state index in [2.05, 4.69) is 55.6 Å². The number of unbranched alkanes of at least 4 members (excludes halogenated alkanes) is 55. The van der Waals surface area contributed by atoms with Gasteiger partial charge in [0, 0.05) is 12.8 Å². The molecule has 6 heteroatoms. The first-order chi connectivity index (χ1) is 41.5. The Kier molecular flexibility index (Phi) is 71.9. The maximum absolute atomic E-state index is 12.6. The molecule has 496 valence electrons. The summed E-state index contributed by atoms with van der Waals surface area (Å²) < 4.78 is 5.49. The van der Waals surface area contributed by atoms with Crippen LogP contribution in [0, 0.1) is 0 Å². The molecule has 3 N–H and O–H groups in total. The number of aliphatic hydroxyl groups excluding tert-OH is 2. The molecule has 0 heterocycles. The van der Waals surface area contributed by atoms with Crippen LogP contribution in [0.4, 0.5) is 0 Å². The molecule has 0 aromatic heterocycles. The molecule has 0 saturated carbocycles. The predicted molar refractivity (Wildman–Crippen MR) is 370 cm³/mol. The highest BCUT2D eigenvalue weighted by molar-refractivity contribution is 5.76. The number of allylic oxidation sites excluding steroid dienone is 6. The minimum atomic E-state index is -0.666. The zero-order valence-corrected chi connectivity index (χ0v) is 56.9. The summed E-state index contributed by atoms with van der Waals surface area (Å²) in [7, 11) is 0. The maximum Gasteiger partial charge on any atom is 0.305 e. The highest BCUT2D eigenvalue weighted by Gasteiger charge is 2.20. The average molecular weight is 1180 g/mol. The van der Waals surface area contributed by atoms with Crippen molar-refractivity contribution in [2.24, 2.45) is 0 Å². The van der Waals surface area contributed by atoms with Crippen molar-refractivity contribution in [3.05, 3.63) is 36.5 Å². The van der Waals surface area contributed by atoms with Gasteiger partial charge in [-0.2, -0.15) is 0 Å². The Morgan fingerprint density at radius 2 is 0.595 bits per heavy atom. The summed E-state index contributed by atoms with van der Waals surface area (Å²) >= 11 is 0. The van der Waals surface area contributed by atoms with Crippen molar-refractivity contribution in [3.8, 4) is 0 Å². The Hall–Kier alpha value is -1.92. The monoisotopic (exact) mass is 1180 g/mol. The number of carbonyl (C=O) groups excluding carboxylic acids is 2. The van der Waals surface area contributed by atoms with Crippen LogP contribution in [0.25, 0.3) is 0 Å². The van der Waals surface area contributed by atoms with Gasteiger partial charge in [-0.1, -0.05) is 365 Å². The van der Waals surface area contributed by atoms with E-state index in [0.717, 1.165) is 51.4 Å². The van der Waals surface area contributed by atoms with Crippen LogP contribution in [-0.2, 0) is 14.3 Å². The molecule has 6 nitrogen and oxygen atoms in total. The van der Waals surface area contributed by atoms with Crippen molar-refractivity contribution in [3.63, 3.8) is 0 Å². The van der Waals surface area contributed by atoms with Crippen LogP contribution >= 0.6 is 0 Å². The Morgan fingerprint density at radius 1 is 0.333 bits per heavy atom. The van der Waals surface area contributed by atoms with Crippen molar-refractivity contribution < 1.29 is 24.5 Å². The van der Waals surface area contributed by atoms with Crippen molar-refractivity contribution in [1.82, 2.24) is 5.32 Å². The van der Waals surface area contributed by atoms with Gasteiger partial charge in [0.15, 0.2) is 0 Å². The number of carbonyl (C=O) groups is 2. The lowest BCUT2D eigenvalue weighted by Crippen LogP contribution is -2.45. The fourth-order valence-corrected chi connectivity index (χ4v) is 12.1. The van der Waals surface area contributed by atoms with Crippen molar-refractivity contribution in [2.75, 3.05) is 13.2 Å². The Labute approximate surface area is 525 Å².